The number of halogens is 6. The first-order chi connectivity index (χ1) is 24.2. The van der Waals surface area contributed by atoms with Gasteiger partial charge in [-0.1, -0.05) is 30.3 Å². The smallest absolute Gasteiger partial charge is 0.399 e. The highest BCUT2D eigenvalue weighted by Crippen LogP contribution is 2.54. The monoisotopic (exact) mass is 701 g/mol. The molecule has 8 rings (SSSR count). The number of anilines is 2. The van der Waals surface area contributed by atoms with Crippen LogP contribution in [0.25, 0.3) is 44.8 Å². The second-order valence-electron chi connectivity index (χ2n) is 12.3. The summed E-state index contributed by atoms with van der Waals surface area (Å²) in [6, 6.07) is 18.7. The minimum absolute atomic E-state index is 0.0236. The van der Waals surface area contributed by atoms with Gasteiger partial charge in [0.15, 0.2) is 5.82 Å². The number of amides is 1. The van der Waals surface area contributed by atoms with Crippen molar-refractivity contribution in [2.45, 2.75) is 30.6 Å². The molecular weight excluding hydrogens is 676 g/mol. The summed E-state index contributed by atoms with van der Waals surface area (Å²) in [5.74, 6) is -0.828. The van der Waals surface area contributed by atoms with Crippen molar-refractivity contribution in [1.29, 1.82) is 0 Å². The fourth-order valence-electron chi connectivity index (χ4n) is 6.33. The summed E-state index contributed by atoms with van der Waals surface area (Å²) < 4.78 is 84.9. The van der Waals surface area contributed by atoms with E-state index in [-0.39, 0.29) is 40.4 Å². The summed E-state index contributed by atoms with van der Waals surface area (Å²) in [6.45, 7) is 0. The second kappa shape index (κ2) is 11.4. The van der Waals surface area contributed by atoms with Crippen LogP contribution in [0.5, 0.6) is 0 Å². The highest BCUT2D eigenvalue weighted by Gasteiger charge is 2.45. The number of H-pyrrole nitrogens is 2. The first-order valence-corrected chi connectivity index (χ1v) is 15.6. The molecule has 5 N–H and O–H groups in total. The number of nitrogens with zero attached hydrogens (tertiary/aromatic N) is 5. The van der Waals surface area contributed by atoms with Crippen LogP contribution in [-0.4, -0.2) is 40.6 Å². The molecule has 7 aromatic rings. The summed E-state index contributed by atoms with van der Waals surface area (Å²) in [6.07, 6.45) is -8.74. The fraction of sp³-hybridized carbons (Fsp3) is 0.171. The number of hydrogen-bond donors (Lipinski definition) is 4. The molecular formula is C35H25F6N9O. The van der Waals surface area contributed by atoms with Gasteiger partial charge in [-0.15, -0.1) is 0 Å². The predicted octanol–water partition coefficient (Wildman–Crippen LogP) is 8.04. The van der Waals surface area contributed by atoms with Crippen molar-refractivity contribution in [2.24, 2.45) is 7.05 Å². The molecule has 1 saturated carbocycles. The van der Waals surface area contributed by atoms with Crippen LogP contribution in [0.15, 0.2) is 78.9 Å². The number of hydrogen-bond acceptors (Lipinski definition) is 6. The zero-order valence-electron chi connectivity index (χ0n) is 26.4. The summed E-state index contributed by atoms with van der Waals surface area (Å²) in [5, 5.41) is 7.10. The molecule has 3 aromatic heterocycles. The normalized spacial score (nSPS) is 16.2. The van der Waals surface area contributed by atoms with Crippen LogP contribution in [-0.2, 0) is 19.4 Å². The minimum Gasteiger partial charge on any atom is -0.399 e. The number of aromatic amines is 2. The first-order valence-electron chi connectivity index (χ1n) is 15.6. The molecule has 1 amide bonds. The molecule has 0 bridgehead atoms. The van der Waals surface area contributed by atoms with Crippen LogP contribution < -0.4 is 11.1 Å². The number of carbonyl (C=O) groups is 1. The molecule has 0 saturated heterocycles. The van der Waals surface area contributed by atoms with Crippen molar-refractivity contribution in [3.63, 3.8) is 0 Å². The van der Waals surface area contributed by atoms with E-state index in [0.717, 1.165) is 12.1 Å². The Morgan fingerprint density at radius 2 is 1.43 bits per heavy atom. The van der Waals surface area contributed by atoms with Crippen molar-refractivity contribution in [3.8, 4) is 22.8 Å². The average molecular weight is 702 g/mol. The number of carbonyl (C=O) groups excluding carboxylic acids is 1. The maximum Gasteiger partial charge on any atom is 0.417 e. The van der Waals surface area contributed by atoms with Crippen molar-refractivity contribution in [1.82, 2.24) is 34.7 Å². The predicted molar refractivity (Wildman–Crippen MR) is 177 cm³/mol. The van der Waals surface area contributed by atoms with E-state index in [0.29, 0.717) is 51.3 Å². The number of fused-ring (bicyclic) bond motifs is 2. The lowest BCUT2D eigenvalue weighted by molar-refractivity contribution is -0.138. The SMILES string of the molecule is Cn1nc([C@H]2CC2c2ccc(-c3nc4ccc(N)cc4[nH]3)c(C(F)(F)F)c2)nc1C(=O)Nc1ccc2nc(-c3ccccc3C(F)(F)F)[nH]c2c1. The van der Waals surface area contributed by atoms with Gasteiger partial charge in [-0.05, 0) is 66.4 Å². The Hall–Kier alpha value is -6.19. The molecule has 0 aliphatic heterocycles. The van der Waals surface area contributed by atoms with E-state index >= 15 is 0 Å². The summed E-state index contributed by atoms with van der Waals surface area (Å²) in [4.78, 5) is 32.1. The largest absolute Gasteiger partial charge is 0.417 e. The number of nitrogen functional groups attached to an aromatic ring is 1. The van der Waals surface area contributed by atoms with Gasteiger partial charge in [0.05, 0.1) is 33.2 Å². The van der Waals surface area contributed by atoms with E-state index in [1.54, 1.807) is 36.4 Å². The molecule has 4 aromatic carbocycles. The number of aromatic nitrogens is 7. The van der Waals surface area contributed by atoms with Crippen molar-refractivity contribution in [2.75, 3.05) is 11.1 Å². The maximum atomic E-state index is 14.3. The minimum atomic E-state index is -4.66. The molecule has 10 nitrogen and oxygen atoms in total. The van der Waals surface area contributed by atoms with Gasteiger partial charge in [0.2, 0.25) is 5.82 Å². The number of nitrogens with two attached hydrogens (primary N) is 1. The quantitative estimate of drug-likeness (QED) is 0.102. The van der Waals surface area contributed by atoms with E-state index in [9.17, 15) is 31.1 Å². The van der Waals surface area contributed by atoms with Crippen LogP contribution in [0, 0.1) is 0 Å². The van der Waals surface area contributed by atoms with E-state index in [1.807, 2.05) is 0 Å². The van der Waals surface area contributed by atoms with Crippen molar-refractivity contribution >= 4 is 39.3 Å². The molecule has 0 spiro atoms. The molecule has 1 aliphatic carbocycles. The van der Waals surface area contributed by atoms with Gasteiger partial charge in [-0.2, -0.15) is 31.4 Å². The van der Waals surface area contributed by atoms with Crippen LogP contribution in [0.1, 0.15) is 51.4 Å². The highest BCUT2D eigenvalue weighted by atomic mass is 19.4. The van der Waals surface area contributed by atoms with Crippen LogP contribution in [0.2, 0.25) is 0 Å². The summed E-state index contributed by atoms with van der Waals surface area (Å²) >= 11 is 0. The number of imidazole rings is 2. The van der Waals surface area contributed by atoms with E-state index in [1.165, 1.54) is 42.1 Å². The van der Waals surface area contributed by atoms with Gasteiger partial charge < -0.3 is 21.0 Å². The lowest BCUT2D eigenvalue weighted by Gasteiger charge is -2.13. The van der Waals surface area contributed by atoms with Crippen molar-refractivity contribution < 1.29 is 31.1 Å². The Kier molecular flexibility index (Phi) is 7.18. The van der Waals surface area contributed by atoms with Crippen molar-refractivity contribution in [3.05, 3.63) is 107 Å². The Bertz CT molecular complexity index is 2490. The zero-order valence-corrected chi connectivity index (χ0v) is 26.4. The van der Waals surface area contributed by atoms with Gasteiger partial charge in [0.1, 0.15) is 11.6 Å². The molecule has 258 valence electrons. The van der Waals surface area contributed by atoms with E-state index in [4.69, 9.17) is 5.73 Å². The Morgan fingerprint density at radius 3 is 2.14 bits per heavy atom. The first kappa shape index (κ1) is 32.0. The Labute approximate surface area is 283 Å². The van der Waals surface area contributed by atoms with Gasteiger partial charge >= 0.3 is 12.4 Å². The zero-order chi connectivity index (χ0) is 35.8. The third kappa shape index (κ3) is 5.91. The molecule has 2 atom stereocenters. The Balaban J connectivity index is 1.00. The summed E-state index contributed by atoms with van der Waals surface area (Å²) in [7, 11) is 1.53. The number of nitrogens with one attached hydrogen (secondary N) is 3. The van der Waals surface area contributed by atoms with Gasteiger partial charge in [0.25, 0.3) is 5.91 Å². The molecule has 3 heterocycles. The lowest BCUT2D eigenvalue weighted by Crippen LogP contribution is -2.17. The molecule has 1 unspecified atom stereocenters. The maximum absolute atomic E-state index is 14.3. The topological polar surface area (TPSA) is 143 Å². The molecule has 0 radical (unpaired) electrons. The average Bonchev–Trinajstić information content (AvgIpc) is 3.37. The highest BCUT2D eigenvalue weighted by molar-refractivity contribution is 6.02. The van der Waals surface area contributed by atoms with Gasteiger partial charge in [0, 0.05) is 35.5 Å². The number of rotatable bonds is 6. The van der Waals surface area contributed by atoms with E-state index < -0.39 is 29.4 Å². The lowest BCUT2D eigenvalue weighted by atomic mass is 9.99. The third-order valence-electron chi connectivity index (χ3n) is 8.87. The molecule has 51 heavy (non-hydrogen) atoms. The van der Waals surface area contributed by atoms with E-state index in [2.05, 4.69) is 35.3 Å². The third-order valence-corrected chi connectivity index (χ3v) is 8.87. The number of benzene rings is 4. The molecule has 16 heteroatoms. The summed E-state index contributed by atoms with van der Waals surface area (Å²) in [5.41, 5.74) is 6.98. The molecule has 1 fully saturated rings. The number of aryl methyl sites for hydroxylation is 1. The Morgan fingerprint density at radius 1 is 0.784 bits per heavy atom. The molecule has 1 aliphatic rings. The number of alkyl halides is 6. The fourth-order valence-corrected chi connectivity index (χ4v) is 6.33. The standard InChI is InChI=1S/C35H25F6N9O/c1-50-32(33(51)43-18-8-11-26-28(14-18)47-29(45-26)19-4-2-3-5-23(19)34(36,37)38)48-31(49-50)22-15-21(22)16-6-9-20(24(12-16)35(39,40)41)30-44-25-10-7-17(42)13-27(25)46-30/h2-14,21-22H,15,42H2,1H3,(H,43,51)(H,44,46)(H,45,47)/t21?,22-/m0/s1. The van der Waals surface area contributed by atoms with Gasteiger partial charge in [-0.25, -0.2) is 19.6 Å². The second-order valence-corrected chi connectivity index (χ2v) is 12.3. The van der Waals surface area contributed by atoms with Crippen LogP contribution >= 0.6 is 0 Å². The van der Waals surface area contributed by atoms with Crippen LogP contribution in [0.3, 0.4) is 0 Å². The van der Waals surface area contributed by atoms with Crippen LogP contribution in [0.4, 0.5) is 37.7 Å². The van der Waals surface area contributed by atoms with Gasteiger partial charge in [-0.3, -0.25) is 4.79 Å².